The SMILES string of the molecule is CC(=O)C1(Sc2ccccc2-c2ccc(C(N)=O)cc2)CCC1. The van der Waals surface area contributed by atoms with Crippen LogP contribution >= 0.6 is 11.8 Å². The van der Waals surface area contributed by atoms with Crippen LogP contribution in [0.3, 0.4) is 0 Å². The zero-order valence-corrected chi connectivity index (χ0v) is 13.9. The topological polar surface area (TPSA) is 60.2 Å². The fourth-order valence-corrected chi connectivity index (χ4v) is 4.34. The first kappa shape index (κ1) is 15.8. The first-order valence-electron chi connectivity index (χ1n) is 7.71. The van der Waals surface area contributed by atoms with Crippen molar-refractivity contribution in [3.8, 4) is 11.1 Å². The van der Waals surface area contributed by atoms with E-state index in [-0.39, 0.29) is 10.5 Å². The smallest absolute Gasteiger partial charge is 0.248 e. The molecule has 0 bridgehead atoms. The van der Waals surface area contributed by atoms with Crippen molar-refractivity contribution in [1.29, 1.82) is 0 Å². The van der Waals surface area contributed by atoms with Gasteiger partial charge in [-0.3, -0.25) is 9.59 Å². The lowest BCUT2D eigenvalue weighted by atomic mass is 9.81. The van der Waals surface area contributed by atoms with Gasteiger partial charge in [-0.2, -0.15) is 0 Å². The Labute approximate surface area is 140 Å². The Balaban J connectivity index is 1.94. The highest BCUT2D eigenvalue weighted by molar-refractivity contribution is 8.01. The van der Waals surface area contributed by atoms with Crippen molar-refractivity contribution in [2.75, 3.05) is 0 Å². The van der Waals surface area contributed by atoms with Crippen molar-refractivity contribution in [1.82, 2.24) is 0 Å². The molecule has 3 nitrogen and oxygen atoms in total. The summed E-state index contributed by atoms with van der Waals surface area (Å²) >= 11 is 1.68. The molecular weight excluding hydrogens is 306 g/mol. The summed E-state index contributed by atoms with van der Waals surface area (Å²) in [6.45, 7) is 1.69. The first-order chi connectivity index (χ1) is 11.0. The standard InChI is InChI=1S/C19H19NO2S/c1-13(21)19(11-4-12-19)23-17-6-3-2-5-16(17)14-7-9-15(10-8-14)18(20)22/h2-3,5-10H,4,11-12H2,1H3,(H2,20,22). The predicted octanol–water partition coefficient (Wildman–Crippen LogP) is 4.06. The molecule has 2 aromatic rings. The molecule has 3 rings (SSSR count). The third kappa shape index (κ3) is 3.04. The van der Waals surface area contributed by atoms with Gasteiger partial charge >= 0.3 is 0 Å². The summed E-state index contributed by atoms with van der Waals surface area (Å²) < 4.78 is -0.261. The van der Waals surface area contributed by atoms with Crippen molar-refractivity contribution < 1.29 is 9.59 Å². The molecule has 1 aliphatic carbocycles. The van der Waals surface area contributed by atoms with Crippen LogP contribution in [0.1, 0.15) is 36.5 Å². The highest BCUT2D eigenvalue weighted by Gasteiger charge is 2.42. The van der Waals surface area contributed by atoms with Gasteiger partial charge in [-0.25, -0.2) is 0 Å². The minimum atomic E-state index is -0.427. The molecule has 0 radical (unpaired) electrons. The second-order valence-electron chi connectivity index (χ2n) is 5.94. The molecule has 0 saturated heterocycles. The Morgan fingerprint density at radius 1 is 1.04 bits per heavy atom. The van der Waals surface area contributed by atoms with Crippen molar-refractivity contribution in [2.45, 2.75) is 35.8 Å². The van der Waals surface area contributed by atoms with E-state index in [0.717, 1.165) is 35.3 Å². The summed E-state index contributed by atoms with van der Waals surface area (Å²) in [7, 11) is 0. The number of hydrogen-bond acceptors (Lipinski definition) is 3. The lowest BCUT2D eigenvalue weighted by Crippen LogP contribution is -2.40. The number of rotatable bonds is 5. The molecule has 4 heteroatoms. The summed E-state index contributed by atoms with van der Waals surface area (Å²) in [6, 6.07) is 15.4. The quantitative estimate of drug-likeness (QED) is 0.902. The average molecular weight is 325 g/mol. The van der Waals surface area contributed by atoms with E-state index >= 15 is 0 Å². The molecule has 1 aliphatic rings. The van der Waals surface area contributed by atoms with Gasteiger partial charge in [0, 0.05) is 10.5 Å². The lowest BCUT2D eigenvalue weighted by Gasteiger charge is -2.39. The summed E-state index contributed by atoms with van der Waals surface area (Å²) in [5.74, 6) is -0.170. The van der Waals surface area contributed by atoms with Crippen molar-refractivity contribution in [3.05, 3.63) is 54.1 Å². The van der Waals surface area contributed by atoms with Crippen LogP contribution in [-0.2, 0) is 4.79 Å². The van der Waals surface area contributed by atoms with Gasteiger partial charge in [-0.1, -0.05) is 30.3 Å². The fourth-order valence-electron chi connectivity index (χ4n) is 2.84. The number of carbonyl (C=O) groups is 2. The molecule has 1 fully saturated rings. The first-order valence-corrected chi connectivity index (χ1v) is 8.53. The lowest BCUT2D eigenvalue weighted by molar-refractivity contribution is -0.121. The molecule has 23 heavy (non-hydrogen) atoms. The predicted molar refractivity (Wildman–Crippen MR) is 93.5 cm³/mol. The molecule has 0 unspecified atom stereocenters. The third-order valence-electron chi connectivity index (χ3n) is 4.48. The summed E-state index contributed by atoms with van der Waals surface area (Å²) in [5, 5.41) is 0. The van der Waals surface area contributed by atoms with E-state index in [1.165, 1.54) is 0 Å². The number of carbonyl (C=O) groups excluding carboxylic acids is 2. The zero-order valence-electron chi connectivity index (χ0n) is 13.0. The monoisotopic (exact) mass is 325 g/mol. The van der Waals surface area contributed by atoms with Gasteiger partial charge in [0.25, 0.3) is 0 Å². The van der Waals surface area contributed by atoms with Crippen molar-refractivity contribution in [3.63, 3.8) is 0 Å². The van der Waals surface area contributed by atoms with Crippen LogP contribution in [0, 0.1) is 0 Å². The number of primary amides is 1. The minimum Gasteiger partial charge on any atom is -0.366 e. The van der Waals surface area contributed by atoms with E-state index in [4.69, 9.17) is 5.73 Å². The Hall–Kier alpha value is -2.07. The zero-order chi connectivity index (χ0) is 16.4. The van der Waals surface area contributed by atoms with E-state index in [9.17, 15) is 9.59 Å². The van der Waals surface area contributed by atoms with Crippen LogP contribution in [-0.4, -0.2) is 16.4 Å². The average Bonchev–Trinajstić information content (AvgIpc) is 2.51. The maximum absolute atomic E-state index is 12.0. The van der Waals surface area contributed by atoms with E-state index in [1.54, 1.807) is 30.8 Å². The van der Waals surface area contributed by atoms with Crippen LogP contribution in [0.25, 0.3) is 11.1 Å². The Morgan fingerprint density at radius 2 is 1.70 bits per heavy atom. The van der Waals surface area contributed by atoms with Crippen LogP contribution in [0.15, 0.2) is 53.4 Å². The third-order valence-corrected chi connectivity index (χ3v) is 6.14. The molecule has 0 atom stereocenters. The number of hydrogen-bond donors (Lipinski definition) is 1. The van der Waals surface area contributed by atoms with Gasteiger partial charge in [0.2, 0.25) is 5.91 Å². The van der Waals surface area contributed by atoms with Gasteiger partial charge in [0.05, 0.1) is 4.75 Å². The highest BCUT2D eigenvalue weighted by atomic mass is 32.2. The molecule has 1 saturated carbocycles. The molecule has 0 spiro atoms. The molecule has 1 amide bonds. The van der Waals surface area contributed by atoms with E-state index in [1.807, 2.05) is 30.3 Å². The minimum absolute atomic E-state index is 0.257. The molecule has 2 aromatic carbocycles. The fraction of sp³-hybridized carbons (Fsp3) is 0.263. The molecule has 2 N–H and O–H groups in total. The summed E-state index contributed by atoms with van der Waals surface area (Å²) in [5.41, 5.74) is 7.90. The van der Waals surface area contributed by atoms with Gasteiger partial charge in [0.1, 0.15) is 5.78 Å². The maximum Gasteiger partial charge on any atom is 0.248 e. The van der Waals surface area contributed by atoms with Crippen LogP contribution in [0.2, 0.25) is 0 Å². The maximum atomic E-state index is 12.0. The number of amides is 1. The number of thioether (sulfide) groups is 1. The molecular formula is C19H19NO2S. The van der Waals surface area contributed by atoms with Gasteiger partial charge < -0.3 is 5.73 Å². The number of nitrogens with two attached hydrogens (primary N) is 1. The van der Waals surface area contributed by atoms with Crippen LogP contribution in [0.4, 0.5) is 0 Å². The van der Waals surface area contributed by atoms with Gasteiger partial charge in [-0.15, -0.1) is 11.8 Å². The number of benzene rings is 2. The van der Waals surface area contributed by atoms with Crippen molar-refractivity contribution >= 4 is 23.5 Å². The van der Waals surface area contributed by atoms with E-state index in [0.29, 0.717) is 5.56 Å². The van der Waals surface area contributed by atoms with Crippen LogP contribution < -0.4 is 5.73 Å². The Morgan fingerprint density at radius 3 is 2.22 bits per heavy atom. The van der Waals surface area contributed by atoms with Gasteiger partial charge in [-0.05, 0) is 55.5 Å². The Bertz CT molecular complexity index is 748. The molecule has 0 aliphatic heterocycles. The van der Waals surface area contributed by atoms with Crippen LogP contribution in [0.5, 0.6) is 0 Å². The highest BCUT2D eigenvalue weighted by Crippen LogP contribution is 2.50. The van der Waals surface area contributed by atoms with E-state index in [2.05, 4.69) is 6.07 Å². The van der Waals surface area contributed by atoms with Crippen molar-refractivity contribution in [2.24, 2.45) is 5.73 Å². The number of Topliss-reactive ketones (excluding diaryl/α,β-unsaturated/α-hetero) is 1. The largest absolute Gasteiger partial charge is 0.366 e. The van der Waals surface area contributed by atoms with E-state index < -0.39 is 5.91 Å². The Kier molecular flexibility index (Phi) is 4.26. The normalized spacial score (nSPS) is 15.7. The summed E-state index contributed by atoms with van der Waals surface area (Å²) in [6.07, 6.45) is 3.01. The molecule has 118 valence electrons. The second-order valence-corrected chi connectivity index (χ2v) is 7.37. The second kappa shape index (κ2) is 6.20. The van der Waals surface area contributed by atoms with Gasteiger partial charge in [0.15, 0.2) is 0 Å². The molecule has 0 heterocycles. The molecule has 0 aromatic heterocycles. The number of ketones is 1. The summed E-state index contributed by atoms with van der Waals surface area (Å²) in [4.78, 5) is 24.4.